The van der Waals surface area contributed by atoms with Crippen LogP contribution in [0, 0.1) is 0 Å². The Morgan fingerprint density at radius 1 is 1.17 bits per heavy atom. The molecule has 0 amide bonds. The van der Waals surface area contributed by atoms with Crippen molar-refractivity contribution in [3.8, 4) is 11.3 Å². The molecule has 126 valence electrons. The number of nitrogens with one attached hydrogen (secondary N) is 1. The summed E-state index contributed by atoms with van der Waals surface area (Å²) in [4.78, 5) is 15.1. The smallest absolute Gasteiger partial charge is 0.259 e. The largest absolute Gasteiger partial charge is 0.412 e. The number of nitrogens with zero attached hydrogens (tertiary/aromatic N) is 2. The van der Waals surface area contributed by atoms with Crippen molar-refractivity contribution < 1.29 is 16.2 Å². The van der Waals surface area contributed by atoms with Crippen LogP contribution in [0.25, 0.3) is 22.2 Å². The Kier molecular flexibility index (Phi) is 4.48. The number of aromatic nitrogens is 3. The molecular formula is C17H21N4O3+. The molecule has 7 heteroatoms. The van der Waals surface area contributed by atoms with Crippen molar-refractivity contribution in [1.82, 2.24) is 14.8 Å². The van der Waals surface area contributed by atoms with Crippen molar-refractivity contribution in [2.75, 3.05) is 0 Å². The lowest BCUT2D eigenvalue weighted by Gasteiger charge is -2.10. The Morgan fingerprint density at radius 2 is 1.88 bits per heavy atom. The lowest BCUT2D eigenvalue weighted by Crippen LogP contribution is -2.73. The Balaban J connectivity index is 0.00000169. The van der Waals surface area contributed by atoms with E-state index in [1.54, 1.807) is 6.20 Å². The summed E-state index contributed by atoms with van der Waals surface area (Å²) in [5.41, 5.74) is 4.16. The minimum absolute atomic E-state index is 0. The topological polar surface area (TPSA) is 119 Å². The first-order chi connectivity index (χ1) is 11.3. The van der Waals surface area contributed by atoms with E-state index in [1.165, 1.54) is 12.8 Å². The van der Waals surface area contributed by atoms with Crippen LogP contribution in [-0.2, 0) is 0 Å². The van der Waals surface area contributed by atoms with Crippen molar-refractivity contribution in [3.63, 3.8) is 0 Å². The maximum Gasteiger partial charge on any atom is 0.259 e. The molecule has 0 radical (unpaired) electrons. The number of pyridine rings is 1. The third-order valence-corrected chi connectivity index (χ3v) is 4.63. The minimum Gasteiger partial charge on any atom is -0.412 e. The van der Waals surface area contributed by atoms with Gasteiger partial charge in [-0.2, -0.15) is 10.6 Å². The summed E-state index contributed by atoms with van der Waals surface area (Å²) in [6.07, 6.45) is 6.34. The second-order valence-corrected chi connectivity index (χ2v) is 6.05. The van der Waals surface area contributed by atoms with Gasteiger partial charge in [0.05, 0.1) is 16.9 Å². The highest BCUT2D eigenvalue weighted by Gasteiger charge is 2.23. The minimum atomic E-state index is -0.112. The van der Waals surface area contributed by atoms with Gasteiger partial charge in [0.25, 0.3) is 5.56 Å². The zero-order valence-corrected chi connectivity index (χ0v) is 13.2. The standard InChI is InChI=1S/C17H18N4O2.H2O/c22-17-15-14(9-10-18-17)21(13-3-1-2-4-13)19-16(15)11-5-7-12(20-23)8-6-11;/h5-10,13,20,23H,1-4H2,(H,18,22);1H2/p+1. The molecule has 24 heavy (non-hydrogen) atoms. The average Bonchev–Trinajstić information content (AvgIpc) is 3.23. The van der Waals surface area contributed by atoms with Gasteiger partial charge in [-0.15, -0.1) is 0 Å². The van der Waals surface area contributed by atoms with E-state index in [4.69, 9.17) is 10.3 Å². The number of quaternary nitrogens is 1. The molecule has 2 heterocycles. The molecule has 1 aromatic carbocycles. The van der Waals surface area contributed by atoms with E-state index in [0.717, 1.165) is 35.1 Å². The fourth-order valence-corrected chi connectivity index (χ4v) is 3.46. The van der Waals surface area contributed by atoms with Gasteiger partial charge in [0, 0.05) is 23.9 Å². The van der Waals surface area contributed by atoms with Crippen LogP contribution in [-0.4, -0.2) is 25.4 Å². The van der Waals surface area contributed by atoms with Crippen LogP contribution in [0.4, 0.5) is 5.69 Å². The van der Waals surface area contributed by atoms with Gasteiger partial charge < -0.3 is 10.5 Å². The molecule has 4 rings (SSSR count). The Bertz CT molecular complexity index is 892. The lowest BCUT2D eigenvalue weighted by atomic mass is 10.1. The molecule has 0 bridgehead atoms. The molecule has 0 saturated heterocycles. The van der Waals surface area contributed by atoms with E-state index >= 15 is 0 Å². The molecule has 1 fully saturated rings. The van der Waals surface area contributed by atoms with E-state index in [9.17, 15) is 4.79 Å². The Morgan fingerprint density at radius 3 is 2.54 bits per heavy atom. The molecule has 0 unspecified atom stereocenters. The second kappa shape index (κ2) is 6.56. The maximum absolute atomic E-state index is 12.4. The number of H-pyrrole nitrogens is 1. The van der Waals surface area contributed by atoms with Gasteiger partial charge >= 0.3 is 0 Å². The monoisotopic (exact) mass is 329 g/mol. The van der Waals surface area contributed by atoms with Gasteiger partial charge in [0.15, 0.2) is 5.69 Å². The molecule has 1 saturated carbocycles. The molecule has 0 aliphatic heterocycles. The van der Waals surface area contributed by atoms with E-state index in [-0.39, 0.29) is 11.0 Å². The van der Waals surface area contributed by atoms with Crippen LogP contribution in [0.3, 0.4) is 0 Å². The fraction of sp³-hybridized carbons (Fsp3) is 0.294. The summed E-state index contributed by atoms with van der Waals surface area (Å²) in [7, 11) is 0. The molecule has 1 aliphatic carbocycles. The Labute approximate surface area is 138 Å². The summed E-state index contributed by atoms with van der Waals surface area (Å²) < 4.78 is 2.03. The first-order valence-electron chi connectivity index (χ1n) is 7.95. The summed E-state index contributed by atoms with van der Waals surface area (Å²) in [5.74, 6) is 0. The first kappa shape index (κ1) is 16.4. The third kappa shape index (κ3) is 2.62. The number of fused-ring (bicyclic) bond motifs is 1. The number of benzene rings is 1. The fourth-order valence-electron chi connectivity index (χ4n) is 3.46. The zero-order chi connectivity index (χ0) is 15.8. The highest BCUT2D eigenvalue weighted by molar-refractivity contribution is 5.92. The van der Waals surface area contributed by atoms with E-state index in [0.29, 0.717) is 17.1 Å². The summed E-state index contributed by atoms with van der Waals surface area (Å²) in [6.45, 7) is 0. The van der Waals surface area contributed by atoms with Crippen molar-refractivity contribution >= 4 is 16.6 Å². The van der Waals surface area contributed by atoms with Crippen LogP contribution in [0.15, 0.2) is 41.3 Å². The van der Waals surface area contributed by atoms with E-state index in [1.807, 2.05) is 35.0 Å². The molecule has 7 nitrogen and oxygen atoms in total. The van der Waals surface area contributed by atoms with Crippen molar-refractivity contribution in [1.29, 1.82) is 0 Å². The molecule has 2 aromatic heterocycles. The molecule has 0 atom stereocenters. The first-order valence-corrected chi connectivity index (χ1v) is 7.95. The Hall–Kier alpha value is -2.48. The zero-order valence-electron chi connectivity index (χ0n) is 13.2. The van der Waals surface area contributed by atoms with Crippen LogP contribution >= 0.6 is 0 Å². The number of hydrogen-bond donors (Lipinski definition) is 3. The van der Waals surface area contributed by atoms with Crippen LogP contribution in [0.5, 0.6) is 0 Å². The number of hydrogen-bond acceptors (Lipinski definition) is 3. The van der Waals surface area contributed by atoms with Crippen LogP contribution < -0.4 is 11.0 Å². The van der Waals surface area contributed by atoms with Gasteiger partial charge in [-0.1, -0.05) is 12.8 Å². The van der Waals surface area contributed by atoms with Crippen LogP contribution in [0.1, 0.15) is 31.7 Å². The van der Waals surface area contributed by atoms with E-state index in [2.05, 4.69) is 4.98 Å². The number of nitrogens with two attached hydrogens (primary N) is 1. The summed E-state index contributed by atoms with van der Waals surface area (Å²) in [6, 6.07) is 9.70. The molecule has 0 spiro atoms. The highest BCUT2D eigenvalue weighted by Crippen LogP contribution is 2.34. The molecule has 3 aromatic rings. The molecule has 1 aliphatic rings. The highest BCUT2D eigenvalue weighted by atomic mass is 16.5. The predicted molar refractivity (Wildman–Crippen MR) is 90.3 cm³/mol. The second-order valence-electron chi connectivity index (χ2n) is 6.05. The third-order valence-electron chi connectivity index (χ3n) is 4.63. The van der Waals surface area contributed by atoms with Gasteiger partial charge in [0.2, 0.25) is 0 Å². The van der Waals surface area contributed by atoms with E-state index < -0.39 is 0 Å². The normalized spacial score (nSPS) is 14.9. The van der Waals surface area contributed by atoms with Crippen LogP contribution in [0.2, 0.25) is 0 Å². The molecular weight excluding hydrogens is 308 g/mol. The van der Waals surface area contributed by atoms with Gasteiger partial charge in [-0.25, -0.2) is 5.21 Å². The summed E-state index contributed by atoms with van der Waals surface area (Å²) >= 11 is 0. The predicted octanol–water partition coefficient (Wildman–Crippen LogP) is 1.27. The lowest BCUT2D eigenvalue weighted by molar-refractivity contribution is -0.825. The van der Waals surface area contributed by atoms with Gasteiger partial charge in [0.1, 0.15) is 5.69 Å². The average molecular weight is 329 g/mol. The maximum atomic E-state index is 12.4. The van der Waals surface area contributed by atoms with Gasteiger partial charge in [-0.3, -0.25) is 9.48 Å². The summed E-state index contributed by atoms with van der Waals surface area (Å²) in [5, 5.41) is 14.5. The van der Waals surface area contributed by atoms with Crippen molar-refractivity contribution in [2.24, 2.45) is 0 Å². The van der Waals surface area contributed by atoms with Gasteiger partial charge in [-0.05, 0) is 31.0 Å². The number of aromatic amines is 1. The quantitative estimate of drug-likeness (QED) is 0.496. The van der Waals surface area contributed by atoms with Crippen molar-refractivity contribution in [2.45, 2.75) is 31.7 Å². The molecule has 6 N–H and O–H groups in total. The SMILES string of the molecule is O.O=c1[nH]ccc2c1c(-c1ccc([NH2+]O)cc1)nn2C1CCCC1. The number of rotatable bonds is 3. The van der Waals surface area contributed by atoms with Crippen molar-refractivity contribution in [3.05, 3.63) is 46.9 Å².